The zero-order valence-corrected chi connectivity index (χ0v) is 11.5. The lowest BCUT2D eigenvalue weighted by Crippen LogP contribution is -2.42. The van der Waals surface area contributed by atoms with Gasteiger partial charge in [0.15, 0.2) is 6.29 Å². The van der Waals surface area contributed by atoms with Gasteiger partial charge in [-0.15, -0.1) is 0 Å². The fraction of sp³-hybridized carbons (Fsp3) is 1.00. The van der Waals surface area contributed by atoms with Gasteiger partial charge >= 0.3 is 0 Å². The van der Waals surface area contributed by atoms with Crippen molar-refractivity contribution in [2.75, 3.05) is 6.54 Å². The highest BCUT2D eigenvalue weighted by Crippen LogP contribution is 2.42. The molecule has 2 saturated heterocycles. The van der Waals surface area contributed by atoms with Crippen LogP contribution in [-0.4, -0.2) is 57.5 Å². The van der Waals surface area contributed by atoms with E-state index in [4.69, 9.17) is 54.5 Å². The first-order valence-electron chi connectivity index (χ1n) is 5.24. The topological polar surface area (TPSA) is 117 Å². The van der Waals surface area contributed by atoms with Gasteiger partial charge in [-0.1, -0.05) is 39.9 Å². The summed E-state index contributed by atoms with van der Waals surface area (Å²) < 4.78 is 13.9. The number of azide groups is 1. The molecule has 11 heteroatoms. The van der Waals surface area contributed by atoms with Crippen LogP contribution in [0.15, 0.2) is 5.11 Å². The minimum Gasteiger partial charge on any atom is -0.390 e. The molecule has 8 nitrogen and oxygen atoms in total. The zero-order valence-electron chi connectivity index (χ0n) is 9.27. The molecule has 2 heterocycles. The monoisotopic (exact) mass is 333 g/mol. The molecular weight excluding hydrogens is 324 g/mol. The lowest BCUT2D eigenvalue weighted by Gasteiger charge is -2.24. The van der Waals surface area contributed by atoms with E-state index in [0.29, 0.717) is 0 Å². The number of hydrogen-bond acceptors (Lipinski definition) is 6. The van der Waals surface area contributed by atoms with Gasteiger partial charge in [-0.3, -0.25) is 0 Å². The maximum atomic E-state index is 9.96. The summed E-state index contributed by atoms with van der Waals surface area (Å²) in [6.07, 6.45) is -6.39. The fourth-order valence-electron chi connectivity index (χ4n) is 1.91. The second-order valence-electron chi connectivity index (χ2n) is 4.05. The largest absolute Gasteiger partial charge is 0.390 e. The van der Waals surface area contributed by atoms with Gasteiger partial charge in [0.25, 0.3) is 0 Å². The third-order valence-electron chi connectivity index (χ3n) is 2.75. The van der Waals surface area contributed by atoms with Crippen molar-refractivity contribution in [1.29, 1.82) is 0 Å². The molecule has 0 aromatic heterocycles. The quantitative estimate of drug-likeness (QED) is 0.343. The standard InChI is InChI=1S/C8H10Cl3N3O5/c9-8(10,11)7-18-5-3(16)4(17-6(5)19-7)2(15)1-13-14-12/h2-7,15-16H,1H2/t2-,3+,4-,5-,6-,7+/m1/s1. The molecule has 19 heavy (non-hydrogen) atoms. The van der Waals surface area contributed by atoms with Gasteiger partial charge in [0, 0.05) is 4.91 Å². The molecule has 2 aliphatic heterocycles. The van der Waals surface area contributed by atoms with Crippen molar-refractivity contribution in [2.45, 2.75) is 40.8 Å². The maximum absolute atomic E-state index is 9.96. The lowest BCUT2D eigenvalue weighted by atomic mass is 10.1. The molecular formula is C8H10Cl3N3O5. The van der Waals surface area contributed by atoms with Crippen LogP contribution in [-0.2, 0) is 14.2 Å². The highest BCUT2D eigenvalue weighted by molar-refractivity contribution is 6.67. The Kier molecular flexibility index (Phi) is 4.67. The van der Waals surface area contributed by atoms with E-state index in [1.54, 1.807) is 0 Å². The summed E-state index contributed by atoms with van der Waals surface area (Å²) in [6, 6.07) is 0. The number of nitrogens with zero attached hydrogens (tertiary/aromatic N) is 3. The predicted octanol–water partition coefficient (Wildman–Crippen LogP) is 0.855. The highest BCUT2D eigenvalue weighted by Gasteiger charge is 2.57. The summed E-state index contributed by atoms with van der Waals surface area (Å²) >= 11 is 16.8. The molecule has 0 amide bonds. The summed E-state index contributed by atoms with van der Waals surface area (Å²) in [5, 5.41) is 22.8. The Morgan fingerprint density at radius 3 is 2.53 bits per heavy atom. The summed E-state index contributed by atoms with van der Waals surface area (Å²) in [5.74, 6) is 0. The van der Waals surface area contributed by atoms with Gasteiger partial charge in [-0.2, -0.15) is 0 Å². The van der Waals surface area contributed by atoms with Gasteiger partial charge in [0.1, 0.15) is 18.3 Å². The van der Waals surface area contributed by atoms with E-state index < -0.39 is 40.8 Å². The number of rotatable bonds is 3. The molecule has 6 atom stereocenters. The Morgan fingerprint density at radius 2 is 2.00 bits per heavy atom. The fourth-order valence-corrected chi connectivity index (χ4v) is 2.22. The third kappa shape index (κ3) is 3.18. The zero-order chi connectivity index (χ0) is 14.2. The van der Waals surface area contributed by atoms with E-state index in [1.165, 1.54) is 0 Å². The first-order valence-corrected chi connectivity index (χ1v) is 6.38. The average molecular weight is 335 g/mol. The Labute approximate surface area is 122 Å². The van der Waals surface area contributed by atoms with Crippen molar-refractivity contribution in [1.82, 2.24) is 0 Å². The molecule has 2 aliphatic rings. The van der Waals surface area contributed by atoms with Crippen molar-refractivity contribution in [2.24, 2.45) is 5.11 Å². The maximum Gasteiger partial charge on any atom is 0.241 e. The van der Waals surface area contributed by atoms with E-state index in [-0.39, 0.29) is 6.54 Å². The molecule has 2 rings (SSSR count). The average Bonchev–Trinajstić information content (AvgIpc) is 2.86. The number of aliphatic hydroxyl groups excluding tert-OH is 2. The summed E-state index contributed by atoms with van der Waals surface area (Å²) in [5.41, 5.74) is 8.16. The van der Waals surface area contributed by atoms with E-state index in [2.05, 4.69) is 10.0 Å². The smallest absolute Gasteiger partial charge is 0.241 e. The minimum absolute atomic E-state index is 0.244. The number of halogens is 3. The SMILES string of the molecule is [N-]=[N+]=NC[C@@H](O)[C@H]1O[C@@H]2O[C@@H](C(Cl)(Cl)Cl)O[C@@H]2[C@H]1O. The van der Waals surface area contributed by atoms with Gasteiger partial charge in [0.05, 0.1) is 12.6 Å². The second-order valence-corrected chi connectivity index (χ2v) is 6.42. The van der Waals surface area contributed by atoms with Gasteiger partial charge in [-0.25, -0.2) is 0 Å². The Hall–Kier alpha value is -0.0200. The van der Waals surface area contributed by atoms with Crippen LogP contribution >= 0.6 is 34.8 Å². The lowest BCUT2D eigenvalue weighted by molar-refractivity contribution is -0.183. The molecule has 2 N–H and O–H groups in total. The first-order chi connectivity index (χ1) is 8.84. The van der Waals surface area contributed by atoms with Crippen LogP contribution in [0.1, 0.15) is 0 Å². The number of alkyl halides is 3. The van der Waals surface area contributed by atoms with Crippen LogP contribution in [0.5, 0.6) is 0 Å². The van der Waals surface area contributed by atoms with Gasteiger partial charge in [0.2, 0.25) is 10.1 Å². The molecule has 0 aliphatic carbocycles. The van der Waals surface area contributed by atoms with Crippen molar-refractivity contribution in [3.8, 4) is 0 Å². The Bertz CT molecular complexity index is 388. The van der Waals surface area contributed by atoms with Crippen LogP contribution in [0.25, 0.3) is 10.4 Å². The van der Waals surface area contributed by atoms with E-state index in [9.17, 15) is 10.2 Å². The summed E-state index contributed by atoms with van der Waals surface area (Å²) in [4.78, 5) is 2.50. The first kappa shape index (κ1) is 15.4. The molecule has 0 saturated carbocycles. The van der Waals surface area contributed by atoms with Crippen LogP contribution in [0, 0.1) is 0 Å². The van der Waals surface area contributed by atoms with Crippen LogP contribution in [0.4, 0.5) is 0 Å². The van der Waals surface area contributed by atoms with Gasteiger partial charge < -0.3 is 24.4 Å². The minimum atomic E-state index is -1.81. The highest BCUT2D eigenvalue weighted by atomic mass is 35.6. The molecule has 0 bridgehead atoms. The normalized spacial score (nSPS) is 39.7. The third-order valence-corrected chi connectivity index (χ3v) is 3.28. The Balaban J connectivity index is 1.98. The van der Waals surface area contributed by atoms with Crippen molar-refractivity contribution >= 4 is 34.8 Å². The van der Waals surface area contributed by atoms with E-state index in [1.807, 2.05) is 0 Å². The summed E-state index contributed by atoms with van der Waals surface area (Å²) in [7, 11) is 0. The van der Waals surface area contributed by atoms with E-state index in [0.717, 1.165) is 0 Å². The molecule has 0 aromatic rings. The molecule has 0 unspecified atom stereocenters. The molecule has 0 aromatic carbocycles. The Morgan fingerprint density at radius 1 is 1.32 bits per heavy atom. The molecule has 0 spiro atoms. The second kappa shape index (κ2) is 5.77. The predicted molar refractivity (Wildman–Crippen MR) is 64.7 cm³/mol. The summed E-state index contributed by atoms with van der Waals surface area (Å²) in [6.45, 7) is -0.244. The van der Waals surface area contributed by atoms with Crippen molar-refractivity contribution in [3.05, 3.63) is 10.4 Å². The molecule has 108 valence electrons. The van der Waals surface area contributed by atoms with E-state index >= 15 is 0 Å². The van der Waals surface area contributed by atoms with Crippen molar-refractivity contribution < 1.29 is 24.4 Å². The van der Waals surface area contributed by atoms with Crippen LogP contribution in [0.2, 0.25) is 0 Å². The van der Waals surface area contributed by atoms with Crippen LogP contribution < -0.4 is 0 Å². The molecule has 0 radical (unpaired) electrons. The number of aliphatic hydroxyl groups is 2. The number of fused-ring (bicyclic) bond motifs is 1. The number of ether oxygens (including phenoxy) is 3. The number of hydrogen-bond donors (Lipinski definition) is 2. The van der Waals surface area contributed by atoms with Gasteiger partial charge in [-0.05, 0) is 5.53 Å². The van der Waals surface area contributed by atoms with Crippen molar-refractivity contribution in [3.63, 3.8) is 0 Å². The molecule has 2 fully saturated rings. The van der Waals surface area contributed by atoms with Crippen LogP contribution in [0.3, 0.4) is 0 Å².